The molecule has 1 heterocycles. The van der Waals surface area contributed by atoms with Crippen molar-refractivity contribution >= 4 is 33.7 Å². The van der Waals surface area contributed by atoms with Crippen molar-refractivity contribution in [2.75, 3.05) is 7.05 Å². The first-order valence-electron chi connectivity index (χ1n) is 7.23. The normalized spacial score (nSPS) is 14.8. The fraction of sp³-hybridized carbons (Fsp3) is 0.222. The summed E-state index contributed by atoms with van der Waals surface area (Å²) < 4.78 is 0. The second-order valence-electron chi connectivity index (χ2n) is 5.51. The lowest BCUT2D eigenvalue weighted by atomic mass is 9.95. The highest BCUT2D eigenvalue weighted by Crippen LogP contribution is 2.39. The molecule has 106 valence electrons. The maximum absolute atomic E-state index is 6.36. The minimum Gasteiger partial charge on any atom is -0.309 e. The number of thiophene rings is 1. The number of hydrogen-bond acceptors (Lipinski definition) is 2. The van der Waals surface area contributed by atoms with Crippen molar-refractivity contribution < 1.29 is 0 Å². The molecule has 1 N–H and O–H groups in total. The van der Waals surface area contributed by atoms with E-state index in [1.807, 2.05) is 13.1 Å². The molecule has 3 heteroatoms. The molecule has 1 unspecified atom stereocenters. The predicted octanol–water partition coefficient (Wildman–Crippen LogP) is 4.96. The molecule has 0 spiro atoms. The van der Waals surface area contributed by atoms with Gasteiger partial charge in [0, 0.05) is 4.88 Å². The predicted molar refractivity (Wildman–Crippen MR) is 91.6 cm³/mol. The molecule has 0 saturated carbocycles. The van der Waals surface area contributed by atoms with Crippen LogP contribution in [0.25, 0.3) is 10.8 Å². The van der Waals surface area contributed by atoms with E-state index in [4.69, 9.17) is 11.6 Å². The van der Waals surface area contributed by atoms with Crippen LogP contribution in [0.1, 0.15) is 27.6 Å². The summed E-state index contributed by atoms with van der Waals surface area (Å²) in [7, 11) is 2.00. The van der Waals surface area contributed by atoms with Crippen molar-refractivity contribution in [1.29, 1.82) is 0 Å². The first kappa shape index (κ1) is 13.3. The van der Waals surface area contributed by atoms with E-state index in [9.17, 15) is 0 Å². The van der Waals surface area contributed by atoms with Crippen molar-refractivity contribution in [3.05, 3.63) is 68.4 Å². The van der Waals surface area contributed by atoms with E-state index in [-0.39, 0.29) is 6.04 Å². The van der Waals surface area contributed by atoms with Crippen LogP contribution in [-0.2, 0) is 12.8 Å². The Morgan fingerprint density at radius 2 is 1.90 bits per heavy atom. The van der Waals surface area contributed by atoms with Gasteiger partial charge >= 0.3 is 0 Å². The van der Waals surface area contributed by atoms with Gasteiger partial charge in [-0.3, -0.25) is 0 Å². The van der Waals surface area contributed by atoms with Crippen molar-refractivity contribution in [3.63, 3.8) is 0 Å². The Morgan fingerprint density at radius 1 is 1.10 bits per heavy atom. The highest BCUT2D eigenvalue weighted by molar-refractivity contribution is 7.10. The standard InChI is InChI=1S/C18H16ClNS/c1-20-17(18-15(19)9-10-21-18)14-8-7-12-6-5-11-3-2-4-13(14)16(11)12/h2-4,7-10,17,20H,5-6H2,1H3. The van der Waals surface area contributed by atoms with E-state index in [0.29, 0.717) is 0 Å². The number of halogens is 1. The van der Waals surface area contributed by atoms with Crippen LogP contribution in [0.5, 0.6) is 0 Å². The van der Waals surface area contributed by atoms with Gasteiger partial charge in [0.1, 0.15) is 0 Å². The van der Waals surface area contributed by atoms with Crippen LogP contribution in [0.2, 0.25) is 5.02 Å². The summed E-state index contributed by atoms with van der Waals surface area (Å²) in [5.74, 6) is 0. The quantitative estimate of drug-likeness (QED) is 0.720. The van der Waals surface area contributed by atoms with Crippen LogP contribution >= 0.6 is 22.9 Å². The maximum Gasteiger partial charge on any atom is 0.0689 e. The largest absolute Gasteiger partial charge is 0.309 e. The molecular formula is C18H16ClNS. The van der Waals surface area contributed by atoms with Gasteiger partial charge in [0.25, 0.3) is 0 Å². The minimum atomic E-state index is 0.155. The van der Waals surface area contributed by atoms with Crippen molar-refractivity contribution in [2.45, 2.75) is 18.9 Å². The van der Waals surface area contributed by atoms with Gasteiger partial charge in [-0.1, -0.05) is 41.9 Å². The number of aryl methyl sites for hydroxylation is 2. The van der Waals surface area contributed by atoms with Gasteiger partial charge in [-0.2, -0.15) is 0 Å². The van der Waals surface area contributed by atoms with Crippen LogP contribution in [0.4, 0.5) is 0 Å². The zero-order valence-electron chi connectivity index (χ0n) is 11.8. The van der Waals surface area contributed by atoms with Crippen LogP contribution < -0.4 is 5.32 Å². The van der Waals surface area contributed by atoms with Gasteiger partial charge in [0.2, 0.25) is 0 Å². The first-order valence-corrected chi connectivity index (χ1v) is 8.49. The Bertz CT molecular complexity index is 811. The van der Waals surface area contributed by atoms with Crippen molar-refractivity contribution in [1.82, 2.24) is 5.32 Å². The molecule has 3 aromatic rings. The fourth-order valence-electron chi connectivity index (χ4n) is 3.46. The number of nitrogens with one attached hydrogen (secondary N) is 1. The molecule has 1 aromatic heterocycles. The average Bonchev–Trinajstić information content (AvgIpc) is 3.11. The summed E-state index contributed by atoms with van der Waals surface area (Å²) in [5.41, 5.74) is 4.29. The lowest BCUT2D eigenvalue weighted by molar-refractivity contribution is 0.709. The van der Waals surface area contributed by atoms with Gasteiger partial charge in [0.15, 0.2) is 0 Å². The van der Waals surface area contributed by atoms with Crippen LogP contribution in [0.3, 0.4) is 0 Å². The van der Waals surface area contributed by atoms with Gasteiger partial charge in [-0.25, -0.2) is 0 Å². The van der Waals surface area contributed by atoms with E-state index in [1.54, 1.807) is 11.3 Å². The van der Waals surface area contributed by atoms with Crippen LogP contribution in [-0.4, -0.2) is 7.05 Å². The molecule has 0 saturated heterocycles. The average molecular weight is 314 g/mol. The molecule has 1 atom stereocenters. The third-order valence-electron chi connectivity index (χ3n) is 4.42. The first-order chi connectivity index (χ1) is 10.3. The number of rotatable bonds is 3. The van der Waals surface area contributed by atoms with E-state index in [1.165, 1.54) is 45.2 Å². The topological polar surface area (TPSA) is 12.0 Å². The van der Waals surface area contributed by atoms with Gasteiger partial charge in [0.05, 0.1) is 11.1 Å². The highest BCUT2D eigenvalue weighted by atomic mass is 35.5. The second-order valence-corrected chi connectivity index (χ2v) is 6.86. The summed E-state index contributed by atoms with van der Waals surface area (Å²) in [4.78, 5) is 1.19. The summed E-state index contributed by atoms with van der Waals surface area (Å²) >= 11 is 8.07. The molecule has 0 bridgehead atoms. The third kappa shape index (κ3) is 2.02. The Kier molecular flexibility index (Phi) is 3.26. The Morgan fingerprint density at radius 3 is 2.62 bits per heavy atom. The molecule has 21 heavy (non-hydrogen) atoms. The summed E-state index contributed by atoms with van der Waals surface area (Å²) in [6.45, 7) is 0. The third-order valence-corrected chi connectivity index (χ3v) is 5.84. The Hall–Kier alpha value is -1.35. The molecule has 0 aliphatic heterocycles. The van der Waals surface area contributed by atoms with Crippen LogP contribution in [0, 0.1) is 0 Å². The second kappa shape index (κ2) is 5.13. The molecule has 0 radical (unpaired) electrons. The lowest BCUT2D eigenvalue weighted by Crippen LogP contribution is -2.17. The Balaban J connectivity index is 1.97. The lowest BCUT2D eigenvalue weighted by Gasteiger charge is -2.19. The van der Waals surface area contributed by atoms with Gasteiger partial charge in [-0.05, 0) is 58.8 Å². The van der Waals surface area contributed by atoms with E-state index in [2.05, 4.69) is 41.0 Å². The monoisotopic (exact) mass is 313 g/mol. The van der Waals surface area contributed by atoms with Gasteiger partial charge < -0.3 is 5.32 Å². The maximum atomic E-state index is 6.36. The Labute approximate surface area is 133 Å². The highest BCUT2D eigenvalue weighted by Gasteiger charge is 2.22. The molecular weight excluding hydrogens is 298 g/mol. The molecule has 4 rings (SSSR count). The minimum absolute atomic E-state index is 0.155. The fourth-order valence-corrected chi connectivity index (χ4v) is 4.75. The SMILES string of the molecule is CNC(c1sccc1Cl)c1ccc2c3c(cccc13)CC2. The van der Waals surface area contributed by atoms with Crippen molar-refractivity contribution in [3.8, 4) is 0 Å². The smallest absolute Gasteiger partial charge is 0.0689 e. The number of hydrogen-bond donors (Lipinski definition) is 1. The van der Waals surface area contributed by atoms with Crippen molar-refractivity contribution in [2.24, 2.45) is 0 Å². The summed E-state index contributed by atoms with van der Waals surface area (Å²) in [5, 5.41) is 9.17. The molecule has 1 nitrogen and oxygen atoms in total. The molecule has 1 aliphatic carbocycles. The van der Waals surface area contributed by atoms with E-state index < -0.39 is 0 Å². The zero-order chi connectivity index (χ0) is 14.4. The molecule has 0 fully saturated rings. The molecule has 1 aliphatic rings. The van der Waals surface area contributed by atoms with Gasteiger partial charge in [-0.15, -0.1) is 11.3 Å². The zero-order valence-corrected chi connectivity index (χ0v) is 13.4. The molecule has 0 amide bonds. The summed E-state index contributed by atoms with van der Waals surface area (Å²) in [6.07, 6.45) is 2.33. The number of benzene rings is 2. The summed E-state index contributed by atoms with van der Waals surface area (Å²) in [6, 6.07) is 13.4. The molecule has 2 aromatic carbocycles. The van der Waals surface area contributed by atoms with E-state index in [0.717, 1.165) is 5.02 Å². The van der Waals surface area contributed by atoms with E-state index >= 15 is 0 Å². The van der Waals surface area contributed by atoms with Crippen LogP contribution in [0.15, 0.2) is 41.8 Å².